The molecule has 1 aliphatic heterocycles. The van der Waals surface area contributed by atoms with Crippen LogP contribution in [0.1, 0.15) is 25.0 Å². The molecule has 1 aliphatic rings. The third kappa shape index (κ3) is 5.59. The van der Waals surface area contributed by atoms with Crippen molar-refractivity contribution in [1.82, 2.24) is 5.01 Å². The van der Waals surface area contributed by atoms with Crippen LogP contribution in [0.3, 0.4) is 0 Å². The number of rotatable bonds is 6. The monoisotopic (exact) mass is 501 g/mol. The van der Waals surface area contributed by atoms with Crippen LogP contribution in [0.5, 0.6) is 0 Å². The predicted molar refractivity (Wildman–Crippen MR) is 119 cm³/mol. The lowest BCUT2D eigenvalue weighted by molar-refractivity contribution is -0.150. The van der Waals surface area contributed by atoms with Crippen molar-refractivity contribution in [3.8, 4) is 0 Å². The lowest BCUT2D eigenvalue weighted by Gasteiger charge is -2.24. The highest BCUT2D eigenvalue weighted by atomic mass is 35.5. The Morgan fingerprint density at radius 2 is 1.85 bits per heavy atom. The molecule has 0 saturated heterocycles. The zero-order chi connectivity index (χ0) is 24.4. The summed E-state index contributed by atoms with van der Waals surface area (Å²) < 4.78 is 43.8. The molecule has 1 atom stereocenters. The number of ether oxygens (including phenoxy) is 1. The largest absolute Gasteiger partial charge is 0.465 e. The highest BCUT2D eigenvalue weighted by Crippen LogP contribution is 2.36. The first-order chi connectivity index (χ1) is 15.4. The van der Waals surface area contributed by atoms with E-state index in [-0.39, 0.29) is 25.4 Å². The van der Waals surface area contributed by atoms with Gasteiger partial charge in [-0.25, -0.2) is 0 Å². The van der Waals surface area contributed by atoms with Crippen molar-refractivity contribution >= 4 is 46.5 Å². The molecule has 0 aromatic heterocycles. The smallest absolute Gasteiger partial charge is 0.417 e. The maximum atomic E-state index is 12.9. The SMILES string of the molecule is CCOC(=O)C1(C)CN(CC(=O)Nc2ccc(C(F)(F)F)c(Cl)c2)N=C1c1ccc(Cl)cc1. The summed E-state index contributed by atoms with van der Waals surface area (Å²) in [4.78, 5) is 25.3. The van der Waals surface area contributed by atoms with Crippen molar-refractivity contribution in [1.29, 1.82) is 0 Å². The molecule has 33 heavy (non-hydrogen) atoms. The first kappa shape index (κ1) is 24.9. The molecule has 1 unspecified atom stereocenters. The normalized spacial score (nSPS) is 18.2. The summed E-state index contributed by atoms with van der Waals surface area (Å²) in [5, 5.41) is 8.35. The van der Waals surface area contributed by atoms with Crippen molar-refractivity contribution in [2.75, 3.05) is 25.0 Å². The highest BCUT2D eigenvalue weighted by Gasteiger charge is 2.47. The Morgan fingerprint density at radius 3 is 2.42 bits per heavy atom. The van der Waals surface area contributed by atoms with E-state index in [9.17, 15) is 22.8 Å². The molecular formula is C22H20Cl2F3N3O3. The second-order valence-corrected chi connectivity index (χ2v) is 8.41. The minimum Gasteiger partial charge on any atom is -0.465 e. The zero-order valence-corrected chi connectivity index (χ0v) is 19.2. The number of halogens is 5. The molecule has 176 valence electrons. The first-order valence-electron chi connectivity index (χ1n) is 9.88. The van der Waals surface area contributed by atoms with Crippen LogP contribution >= 0.6 is 23.2 Å². The van der Waals surface area contributed by atoms with Gasteiger partial charge >= 0.3 is 12.1 Å². The maximum absolute atomic E-state index is 12.9. The molecule has 1 N–H and O–H groups in total. The van der Waals surface area contributed by atoms with Gasteiger partial charge in [0.05, 0.1) is 29.4 Å². The lowest BCUT2D eigenvalue weighted by atomic mass is 9.82. The molecular weight excluding hydrogens is 482 g/mol. The Balaban J connectivity index is 1.79. The Hall–Kier alpha value is -2.78. The Bertz CT molecular complexity index is 1090. The quantitative estimate of drug-likeness (QED) is 0.549. The van der Waals surface area contributed by atoms with Crippen LogP contribution in [0, 0.1) is 5.41 Å². The van der Waals surface area contributed by atoms with E-state index in [0.29, 0.717) is 16.3 Å². The fourth-order valence-corrected chi connectivity index (χ4v) is 3.86. The van der Waals surface area contributed by atoms with E-state index in [1.54, 1.807) is 38.1 Å². The van der Waals surface area contributed by atoms with Gasteiger partial charge in [-0.2, -0.15) is 18.3 Å². The topological polar surface area (TPSA) is 71.0 Å². The molecule has 0 radical (unpaired) electrons. The van der Waals surface area contributed by atoms with Gasteiger partial charge < -0.3 is 10.1 Å². The van der Waals surface area contributed by atoms with Crippen molar-refractivity contribution in [2.45, 2.75) is 20.0 Å². The molecule has 1 amide bonds. The number of hydrogen-bond acceptors (Lipinski definition) is 5. The van der Waals surface area contributed by atoms with Gasteiger partial charge in [-0.3, -0.25) is 14.6 Å². The fraction of sp³-hybridized carbons (Fsp3) is 0.318. The van der Waals surface area contributed by atoms with Gasteiger partial charge in [0.2, 0.25) is 5.91 Å². The van der Waals surface area contributed by atoms with Crippen LogP contribution in [0.25, 0.3) is 0 Å². The number of alkyl halides is 3. The van der Waals surface area contributed by atoms with Gasteiger partial charge in [0, 0.05) is 10.7 Å². The van der Waals surface area contributed by atoms with Gasteiger partial charge in [-0.05, 0) is 49.7 Å². The fourth-order valence-electron chi connectivity index (χ4n) is 3.44. The number of carbonyl (C=O) groups excluding carboxylic acids is 2. The molecule has 11 heteroatoms. The summed E-state index contributed by atoms with van der Waals surface area (Å²) in [6, 6.07) is 9.68. The summed E-state index contributed by atoms with van der Waals surface area (Å²) in [5.74, 6) is -1.03. The van der Waals surface area contributed by atoms with E-state index in [2.05, 4.69) is 10.4 Å². The van der Waals surface area contributed by atoms with Crippen LogP contribution in [-0.2, 0) is 20.5 Å². The minimum atomic E-state index is -4.60. The zero-order valence-electron chi connectivity index (χ0n) is 17.7. The molecule has 0 aliphatic carbocycles. The average Bonchev–Trinajstić information content (AvgIpc) is 3.05. The van der Waals surface area contributed by atoms with E-state index in [4.69, 9.17) is 27.9 Å². The number of carbonyl (C=O) groups is 2. The van der Waals surface area contributed by atoms with Crippen LogP contribution in [0.15, 0.2) is 47.6 Å². The number of hydrazone groups is 1. The van der Waals surface area contributed by atoms with Gasteiger partial charge in [0.1, 0.15) is 12.0 Å². The van der Waals surface area contributed by atoms with Crippen molar-refractivity contribution in [3.05, 3.63) is 63.6 Å². The number of nitrogens with zero attached hydrogens (tertiary/aromatic N) is 2. The van der Waals surface area contributed by atoms with Crippen molar-refractivity contribution in [3.63, 3.8) is 0 Å². The number of nitrogens with one attached hydrogen (secondary N) is 1. The summed E-state index contributed by atoms with van der Waals surface area (Å²) in [6.07, 6.45) is -4.60. The number of benzene rings is 2. The Morgan fingerprint density at radius 1 is 1.18 bits per heavy atom. The highest BCUT2D eigenvalue weighted by molar-refractivity contribution is 6.32. The number of anilines is 1. The summed E-state index contributed by atoms with van der Waals surface area (Å²) >= 11 is 11.7. The molecule has 6 nitrogen and oxygen atoms in total. The minimum absolute atomic E-state index is 0.0744. The predicted octanol–water partition coefficient (Wildman–Crippen LogP) is 5.24. The maximum Gasteiger partial charge on any atom is 0.417 e. The van der Waals surface area contributed by atoms with Gasteiger partial charge in [-0.1, -0.05) is 35.3 Å². The second kappa shape index (κ2) is 9.61. The molecule has 1 heterocycles. The summed E-state index contributed by atoms with van der Waals surface area (Å²) in [5.41, 5.74) is -0.964. The van der Waals surface area contributed by atoms with E-state index < -0.39 is 34.1 Å². The summed E-state index contributed by atoms with van der Waals surface area (Å²) in [6.45, 7) is 3.37. The molecule has 2 aromatic carbocycles. The third-order valence-corrected chi connectivity index (χ3v) is 5.56. The van der Waals surface area contributed by atoms with Crippen LogP contribution in [-0.4, -0.2) is 42.3 Å². The molecule has 0 spiro atoms. The van der Waals surface area contributed by atoms with Gasteiger partial charge in [0.25, 0.3) is 0 Å². The van der Waals surface area contributed by atoms with Gasteiger partial charge in [-0.15, -0.1) is 0 Å². The van der Waals surface area contributed by atoms with Gasteiger partial charge in [0.15, 0.2) is 0 Å². The number of amides is 1. The molecule has 0 saturated carbocycles. The standard InChI is InChI=1S/C22H20Cl2F3N3O3/c1-3-33-20(32)21(2)12-30(29-19(21)13-4-6-14(23)7-5-13)11-18(31)28-15-8-9-16(17(24)10-15)22(25,26)27/h4-10H,3,11-12H2,1-2H3,(H,28,31). The third-order valence-electron chi connectivity index (χ3n) is 4.99. The molecule has 2 aromatic rings. The average molecular weight is 502 g/mol. The van der Waals surface area contributed by atoms with E-state index in [1.807, 2.05) is 0 Å². The molecule has 0 bridgehead atoms. The number of hydrogen-bond donors (Lipinski definition) is 1. The summed E-state index contributed by atoms with van der Waals surface area (Å²) in [7, 11) is 0. The lowest BCUT2D eigenvalue weighted by Crippen LogP contribution is -2.41. The van der Waals surface area contributed by atoms with Crippen molar-refractivity contribution in [2.24, 2.45) is 10.5 Å². The van der Waals surface area contributed by atoms with E-state index >= 15 is 0 Å². The Kier molecular flexibility index (Phi) is 7.23. The second-order valence-electron chi connectivity index (χ2n) is 7.57. The van der Waals surface area contributed by atoms with E-state index in [1.165, 1.54) is 5.01 Å². The first-order valence-corrected chi connectivity index (χ1v) is 10.6. The van der Waals surface area contributed by atoms with Crippen LogP contribution in [0.4, 0.5) is 18.9 Å². The van der Waals surface area contributed by atoms with Crippen molar-refractivity contribution < 1.29 is 27.5 Å². The molecule has 3 rings (SSSR count). The van der Waals surface area contributed by atoms with E-state index in [0.717, 1.165) is 18.2 Å². The van der Waals surface area contributed by atoms with Crippen LogP contribution < -0.4 is 5.32 Å². The number of esters is 1. The Labute approximate surface area is 198 Å². The van der Waals surface area contributed by atoms with Crippen LogP contribution in [0.2, 0.25) is 10.0 Å². The molecule has 0 fully saturated rings.